The molecule has 3 aromatic rings. The molecule has 1 aromatic carbocycles. The highest BCUT2D eigenvalue weighted by Crippen LogP contribution is 2.25. The summed E-state index contributed by atoms with van der Waals surface area (Å²) in [6.45, 7) is 3.35. The third-order valence-electron chi connectivity index (χ3n) is 4.69. The Bertz CT molecular complexity index is 1060. The number of halogens is 2. The van der Waals surface area contributed by atoms with E-state index in [0.29, 0.717) is 28.5 Å². The van der Waals surface area contributed by atoms with Crippen LogP contribution in [0.25, 0.3) is 11.0 Å². The van der Waals surface area contributed by atoms with Crippen LogP contribution in [0.2, 0.25) is 5.02 Å². The van der Waals surface area contributed by atoms with Crippen LogP contribution in [0.1, 0.15) is 19.8 Å². The van der Waals surface area contributed by atoms with Crippen LogP contribution < -0.4 is 10.6 Å². The summed E-state index contributed by atoms with van der Waals surface area (Å²) >= 11 is 5.84. The van der Waals surface area contributed by atoms with Crippen LogP contribution in [0.5, 0.6) is 0 Å². The van der Waals surface area contributed by atoms with E-state index in [4.69, 9.17) is 11.6 Å². The highest BCUT2D eigenvalue weighted by atomic mass is 35.5. The molecular weight excluding hydrogens is 397 g/mol. The number of hydrogen-bond acceptors (Lipinski definition) is 7. The molecule has 10 heteroatoms. The Morgan fingerprint density at radius 3 is 2.79 bits per heavy atom. The topological polar surface area (TPSA) is 95.9 Å². The number of benzene rings is 1. The minimum atomic E-state index is -0.504. The fourth-order valence-electron chi connectivity index (χ4n) is 3.19. The zero-order valence-corrected chi connectivity index (χ0v) is 16.4. The molecule has 29 heavy (non-hydrogen) atoms. The number of carbonyl (C=O) groups is 1. The molecule has 0 aliphatic carbocycles. The average Bonchev–Trinajstić information content (AvgIpc) is 3.25. The summed E-state index contributed by atoms with van der Waals surface area (Å²) in [7, 11) is 0. The Balaban J connectivity index is 1.58. The van der Waals surface area contributed by atoms with Crippen LogP contribution in [0.3, 0.4) is 0 Å². The smallest absolute Gasteiger partial charge is 0.244 e. The van der Waals surface area contributed by atoms with Crippen molar-refractivity contribution in [3.63, 3.8) is 0 Å². The van der Waals surface area contributed by atoms with Gasteiger partial charge in [0.2, 0.25) is 11.9 Å². The third kappa shape index (κ3) is 4.19. The first-order valence-electron chi connectivity index (χ1n) is 9.26. The second kappa shape index (κ2) is 8.12. The molecule has 2 N–H and O–H groups in total. The summed E-state index contributed by atoms with van der Waals surface area (Å²) in [5.41, 5.74) is 1.55. The second-order valence-corrected chi connectivity index (χ2v) is 7.21. The molecule has 1 saturated heterocycles. The van der Waals surface area contributed by atoms with Gasteiger partial charge in [0.25, 0.3) is 0 Å². The molecule has 1 aliphatic rings. The first-order chi connectivity index (χ1) is 14.0. The van der Waals surface area contributed by atoms with Gasteiger partial charge in [-0.3, -0.25) is 4.79 Å². The van der Waals surface area contributed by atoms with Crippen molar-refractivity contribution in [3.05, 3.63) is 41.6 Å². The zero-order chi connectivity index (χ0) is 20.4. The van der Waals surface area contributed by atoms with Gasteiger partial charge >= 0.3 is 0 Å². The number of amides is 1. The molecule has 8 nitrogen and oxygen atoms in total. The number of hydrogen-bond donors (Lipinski definition) is 2. The molecule has 150 valence electrons. The summed E-state index contributed by atoms with van der Waals surface area (Å²) in [5, 5.41) is 6.12. The van der Waals surface area contributed by atoms with Crippen molar-refractivity contribution in [1.82, 2.24) is 24.8 Å². The van der Waals surface area contributed by atoms with E-state index in [9.17, 15) is 9.18 Å². The number of anilines is 3. The van der Waals surface area contributed by atoms with E-state index in [2.05, 4.69) is 30.6 Å². The predicted molar refractivity (Wildman–Crippen MR) is 109 cm³/mol. The SMILES string of the molecule is CC(Nc1ncc2ncnc(Nc3ccc(F)c(Cl)c3)c2n1)C(=O)N1CCCC1. The molecule has 0 bridgehead atoms. The standard InChI is InChI=1S/C19H19ClFN7O/c1-11(18(29)28-6-2-3-7-28)25-19-22-9-15-16(27-19)17(24-10-23-15)26-12-4-5-14(21)13(20)8-12/h4-5,8-11H,2-3,6-7H2,1H3,(H,22,25,27)(H,23,24,26). The number of likely N-dealkylation sites (tertiary alicyclic amines) is 1. The highest BCUT2D eigenvalue weighted by Gasteiger charge is 2.23. The normalized spacial score (nSPS) is 14.8. The van der Waals surface area contributed by atoms with Gasteiger partial charge in [0, 0.05) is 18.8 Å². The van der Waals surface area contributed by atoms with Crippen molar-refractivity contribution in [2.24, 2.45) is 0 Å². The number of carbonyl (C=O) groups excluding carboxylic acids is 1. The lowest BCUT2D eigenvalue weighted by Crippen LogP contribution is -2.40. The molecule has 1 unspecified atom stereocenters. The number of fused-ring (bicyclic) bond motifs is 1. The van der Waals surface area contributed by atoms with Crippen molar-refractivity contribution >= 4 is 46.0 Å². The van der Waals surface area contributed by atoms with E-state index in [1.54, 1.807) is 19.2 Å². The number of nitrogens with zero attached hydrogens (tertiary/aromatic N) is 5. The number of nitrogens with one attached hydrogen (secondary N) is 2. The molecule has 4 rings (SSSR count). The minimum Gasteiger partial charge on any atom is -0.343 e. The van der Waals surface area contributed by atoms with Crippen molar-refractivity contribution in [1.29, 1.82) is 0 Å². The van der Waals surface area contributed by atoms with Gasteiger partial charge in [0.05, 0.1) is 11.2 Å². The lowest BCUT2D eigenvalue weighted by Gasteiger charge is -2.21. The molecule has 1 atom stereocenters. The Kier molecular flexibility index (Phi) is 5.39. The first kappa shape index (κ1) is 19.3. The van der Waals surface area contributed by atoms with Crippen LogP contribution in [0.4, 0.5) is 21.8 Å². The van der Waals surface area contributed by atoms with Gasteiger partial charge in [0.15, 0.2) is 5.82 Å². The molecule has 1 amide bonds. The molecule has 2 aromatic heterocycles. The van der Waals surface area contributed by atoms with Gasteiger partial charge in [-0.05, 0) is 38.0 Å². The van der Waals surface area contributed by atoms with Gasteiger partial charge in [0.1, 0.15) is 29.2 Å². The van der Waals surface area contributed by atoms with E-state index < -0.39 is 11.9 Å². The van der Waals surface area contributed by atoms with Crippen LogP contribution in [0.15, 0.2) is 30.7 Å². The van der Waals surface area contributed by atoms with Crippen molar-refractivity contribution in [2.75, 3.05) is 23.7 Å². The fraction of sp³-hybridized carbons (Fsp3) is 0.316. The van der Waals surface area contributed by atoms with Crippen LogP contribution in [-0.2, 0) is 4.79 Å². The Morgan fingerprint density at radius 1 is 1.24 bits per heavy atom. The maximum Gasteiger partial charge on any atom is 0.244 e. The highest BCUT2D eigenvalue weighted by molar-refractivity contribution is 6.31. The summed E-state index contributed by atoms with van der Waals surface area (Å²) in [4.78, 5) is 31.5. The van der Waals surface area contributed by atoms with E-state index in [0.717, 1.165) is 25.9 Å². The predicted octanol–water partition coefficient (Wildman–Crippen LogP) is 3.38. The second-order valence-electron chi connectivity index (χ2n) is 6.80. The zero-order valence-electron chi connectivity index (χ0n) is 15.7. The molecule has 3 heterocycles. The van der Waals surface area contributed by atoms with E-state index in [1.807, 2.05) is 4.90 Å². The summed E-state index contributed by atoms with van der Waals surface area (Å²) in [6, 6.07) is 3.82. The monoisotopic (exact) mass is 415 g/mol. The lowest BCUT2D eigenvalue weighted by molar-refractivity contribution is -0.130. The first-order valence-corrected chi connectivity index (χ1v) is 9.64. The number of aromatic nitrogens is 4. The molecule has 1 fully saturated rings. The van der Waals surface area contributed by atoms with Gasteiger partial charge in [-0.2, -0.15) is 0 Å². The lowest BCUT2D eigenvalue weighted by atomic mass is 10.3. The molecule has 0 radical (unpaired) electrons. The van der Waals surface area contributed by atoms with Gasteiger partial charge in [-0.15, -0.1) is 0 Å². The largest absolute Gasteiger partial charge is 0.343 e. The maximum absolute atomic E-state index is 13.4. The van der Waals surface area contributed by atoms with E-state index >= 15 is 0 Å². The van der Waals surface area contributed by atoms with Gasteiger partial charge < -0.3 is 15.5 Å². The van der Waals surface area contributed by atoms with Gasteiger partial charge in [-0.25, -0.2) is 24.3 Å². The third-order valence-corrected chi connectivity index (χ3v) is 4.98. The summed E-state index contributed by atoms with van der Waals surface area (Å²) < 4.78 is 13.4. The van der Waals surface area contributed by atoms with Crippen LogP contribution in [0, 0.1) is 5.82 Å². The fourth-order valence-corrected chi connectivity index (χ4v) is 3.37. The quantitative estimate of drug-likeness (QED) is 0.659. The maximum atomic E-state index is 13.4. The van der Waals surface area contributed by atoms with Gasteiger partial charge in [-0.1, -0.05) is 11.6 Å². The minimum absolute atomic E-state index is 0.000377. The van der Waals surface area contributed by atoms with Crippen molar-refractivity contribution in [3.8, 4) is 0 Å². The van der Waals surface area contributed by atoms with Crippen molar-refractivity contribution < 1.29 is 9.18 Å². The molecule has 0 saturated carbocycles. The van der Waals surface area contributed by atoms with Crippen LogP contribution in [-0.4, -0.2) is 49.9 Å². The Hall–Kier alpha value is -3.07. The summed E-state index contributed by atoms with van der Waals surface area (Å²) in [5.74, 6) is 0.235. The van der Waals surface area contributed by atoms with Crippen molar-refractivity contribution in [2.45, 2.75) is 25.8 Å². The van der Waals surface area contributed by atoms with E-state index in [-0.39, 0.29) is 10.9 Å². The molecule has 0 spiro atoms. The summed E-state index contributed by atoms with van der Waals surface area (Å²) in [6.07, 6.45) is 5.00. The average molecular weight is 416 g/mol. The Morgan fingerprint density at radius 2 is 2.03 bits per heavy atom. The van der Waals surface area contributed by atoms with Crippen LogP contribution >= 0.6 is 11.6 Å². The molecule has 1 aliphatic heterocycles. The van der Waals surface area contributed by atoms with E-state index in [1.165, 1.54) is 18.5 Å². The molecular formula is C19H19ClFN7O. The Labute approximate surface area is 171 Å². The number of rotatable bonds is 5.